The highest BCUT2D eigenvalue weighted by atomic mass is 19.1. The average molecular weight is 258 g/mol. The van der Waals surface area contributed by atoms with Crippen molar-refractivity contribution in [2.45, 2.75) is 19.5 Å². The summed E-state index contributed by atoms with van der Waals surface area (Å²) in [5.74, 6) is -0.201. The minimum absolute atomic E-state index is 0.0523. The molecule has 2 nitrogen and oxygen atoms in total. The molecule has 0 aliphatic carbocycles. The van der Waals surface area contributed by atoms with Gasteiger partial charge in [-0.25, -0.2) is 4.39 Å². The molecule has 0 spiro atoms. The zero-order valence-electron chi connectivity index (χ0n) is 11.3. The molecule has 3 heteroatoms. The van der Waals surface area contributed by atoms with Crippen LogP contribution in [0.5, 0.6) is 0 Å². The van der Waals surface area contributed by atoms with Gasteiger partial charge in [0.1, 0.15) is 5.82 Å². The summed E-state index contributed by atoms with van der Waals surface area (Å²) in [6, 6.07) is 14.8. The molecule has 0 fully saturated rings. The SMILES string of the molecule is C[C@@H](N)c1ccc(N(C)Cc2ccc(F)cc2)cc1. The van der Waals surface area contributed by atoms with Crippen molar-refractivity contribution < 1.29 is 4.39 Å². The maximum Gasteiger partial charge on any atom is 0.123 e. The van der Waals surface area contributed by atoms with Crippen molar-refractivity contribution in [3.8, 4) is 0 Å². The molecule has 0 bridgehead atoms. The maximum absolute atomic E-state index is 12.8. The number of rotatable bonds is 4. The first-order chi connectivity index (χ1) is 9.06. The first-order valence-electron chi connectivity index (χ1n) is 6.37. The Hall–Kier alpha value is -1.87. The molecule has 0 radical (unpaired) electrons. The Bertz CT molecular complexity index is 517. The molecule has 0 unspecified atom stereocenters. The van der Waals surface area contributed by atoms with Gasteiger partial charge < -0.3 is 10.6 Å². The van der Waals surface area contributed by atoms with E-state index in [1.807, 2.05) is 38.2 Å². The molecule has 0 saturated carbocycles. The van der Waals surface area contributed by atoms with Crippen LogP contribution < -0.4 is 10.6 Å². The van der Waals surface area contributed by atoms with Crippen LogP contribution in [0.2, 0.25) is 0 Å². The third kappa shape index (κ3) is 3.55. The fourth-order valence-corrected chi connectivity index (χ4v) is 1.99. The molecule has 0 aromatic heterocycles. The number of hydrogen-bond acceptors (Lipinski definition) is 2. The van der Waals surface area contributed by atoms with E-state index in [1.54, 1.807) is 0 Å². The highest BCUT2D eigenvalue weighted by Gasteiger charge is 2.04. The van der Waals surface area contributed by atoms with Gasteiger partial charge in [0, 0.05) is 25.3 Å². The number of halogens is 1. The standard InChI is InChI=1S/C16H19FN2/c1-12(18)14-5-9-16(10-6-14)19(2)11-13-3-7-15(17)8-4-13/h3-10,12H,11,18H2,1-2H3/t12-/m1/s1. The van der Waals surface area contributed by atoms with Crippen LogP contribution in [-0.4, -0.2) is 7.05 Å². The van der Waals surface area contributed by atoms with E-state index >= 15 is 0 Å². The lowest BCUT2D eigenvalue weighted by molar-refractivity contribution is 0.627. The van der Waals surface area contributed by atoms with Crippen LogP contribution in [-0.2, 0) is 6.54 Å². The summed E-state index contributed by atoms with van der Waals surface area (Å²) < 4.78 is 12.8. The Morgan fingerprint density at radius 3 is 2.16 bits per heavy atom. The van der Waals surface area contributed by atoms with Crippen molar-refractivity contribution in [2.24, 2.45) is 5.73 Å². The molecule has 0 saturated heterocycles. The lowest BCUT2D eigenvalue weighted by atomic mass is 10.1. The van der Waals surface area contributed by atoms with Gasteiger partial charge in [0.05, 0.1) is 0 Å². The molecule has 2 aromatic carbocycles. The molecule has 0 amide bonds. The topological polar surface area (TPSA) is 29.3 Å². The summed E-state index contributed by atoms with van der Waals surface area (Å²) in [5, 5.41) is 0. The second kappa shape index (κ2) is 5.85. The number of nitrogens with zero attached hydrogens (tertiary/aromatic N) is 1. The van der Waals surface area contributed by atoms with E-state index in [0.717, 1.165) is 23.4 Å². The van der Waals surface area contributed by atoms with Crippen molar-refractivity contribution in [2.75, 3.05) is 11.9 Å². The third-order valence-corrected chi connectivity index (χ3v) is 3.19. The van der Waals surface area contributed by atoms with Crippen LogP contribution in [0.25, 0.3) is 0 Å². The Labute approximate surface area is 113 Å². The van der Waals surface area contributed by atoms with E-state index in [-0.39, 0.29) is 11.9 Å². The lowest BCUT2D eigenvalue weighted by Crippen LogP contribution is -2.16. The highest BCUT2D eigenvalue weighted by Crippen LogP contribution is 2.19. The molecule has 2 N–H and O–H groups in total. The van der Waals surface area contributed by atoms with Crippen molar-refractivity contribution in [3.05, 3.63) is 65.5 Å². The monoisotopic (exact) mass is 258 g/mol. The Morgan fingerprint density at radius 2 is 1.63 bits per heavy atom. The van der Waals surface area contributed by atoms with E-state index in [0.29, 0.717) is 0 Å². The molecular weight excluding hydrogens is 239 g/mol. The number of benzene rings is 2. The van der Waals surface area contributed by atoms with Crippen molar-refractivity contribution >= 4 is 5.69 Å². The van der Waals surface area contributed by atoms with Gasteiger partial charge in [-0.3, -0.25) is 0 Å². The van der Waals surface area contributed by atoms with Crippen LogP contribution in [0.1, 0.15) is 24.1 Å². The summed E-state index contributed by atoms with van der Waals surface area (Å²) in [6.45, 7) is 2.72. The number of anilines is 1. The number of nitrogens with two attached hydrogens (primary N) is 1. The predicted octanol–water partition coefficient (Wildman–Crippen LogP) is 3.48. The fourth-order valence-electron chi connectivity index (χ4n) is 1.99. The molecule has 2 aromatic rings. The molecular formula is C16H19FN2. The van der Waals surface area contributed by atoms with Gasteiger partial charge in [-0.1, -0.05) is 24.3 Å². The van der Waals surface area contributed by atoms with Crippen molar-refractivity contribution in [3.63, 3.8) is 0 Å². The van der Waals surface area contributed by atoms with Gasteiger partial charge in [0.25, 0.3) is 0 Å². The first kappa shape index (κ1) is 13.6. The summed E-state index contributed by atoms with van der Waals surface area (Å²) in [5.41, 5.74) is 9.16. The predicted molar refractivity (Wildman–Crippen MR) is 77.6 cm³/mol. The Morgan fingerprint density at radius 1 is 1.05 bits per heavy atom. The van der Waals surface area contributed by atoms with Gasteiger partial charge in [-0.05, 0) is 42.3 Å². The van der Waals surface area contributed by atoms with Crippen LogP contribution in [0.3, 0.4) is 0 Å². The normalized spacial score (nSPS) is 12.2. The summed E-state index contributed by atoms with van der Waals surface area (Å²) in [6.07, 6.45) is 0. The average Bonchev–Trinajstić information content (AvgIpc) is 2.41. The van der Waals surface area contributed by atoms with Gasteiger partial charge in [-0.15, -0.1) is 0 Å². The van der Waals surface area contributed by atoms with Gasteiger partial charge in [0.2, 0.25) is 0 Å². The van der Waals surface area contributed by atoms with Crippen LogP contribution in [0.15, 0.2) is 48.5 Å². The zero-order chi connectivity index (χ0) is 13.8. The highest BCUT2D eigenvalue weighted by molar-refractivity contribution is 5.47. The van der Waals surface area contributed by atoms with Crippen molar-refractivity contribution in [1.82, 2.24) is 0 Å². The van der Waals surface area contributed by atoms with Crippen LogP contribution in [0, 0.1) is 5.82 Å². The smallest absolute Gasteiger partial charge is 0.123 e. The largest absolute Gasteiger partial charge is 0.370 e. The molecule has 0 aliphatic heterocycles. The first-order valence-corrected chi connectivity index (χ1v) is 6.37. The quantitative estimate of drug-likeness (QED) is 0.909. The molecule has 2 rings (SSSR count). The second-order valence-corrected chi connectivity index (χ2v) is 4.86. The van der Waals surface area contributed by atoms with E-state index in [2.05, 4.69) is 17.0 Å². The Kier molecular flexibility index (Phi) is 4.17. The molecule has 0 aliphatic rings. The zero-order valence-corrected chi connectivity index (χ0v) is 11.3. The second-order valence-electron chi connectivity index (χ2n) is 4.86. The van der Waals surface area contributed by atoms with Gasteiger partial charge in [0.15, 0.2) is 0 Å². The van der Waals surface area contributed by atoms with Crippen LogP contribution in [0.4, 0.5) is 10.1 Å². The van der Waals surface area contributed by atoms with E-state index in [4.69, 9.17) is 5.73 Å². The lowest BCUT2D eigenvalue weighted by Gasteiger charge is -2.20. The van der Waals surface area contributed by atoms with E-state index in [1.165, 1.54) is 12.1 Å². The van der Waals surface area contributed by atoms with E-state index < -0.39 is 0 Å². The Balaban J connectivity index is 2.07. The van der Waals surface area contributed by atoms with Crippen molar-refractivity contribution in [1.29, 1.82) is 0 Å². The van der Waals surface area contributed by atoms with Gasteiger partial charge in [-0.2, -0.15) is 0 Å². The molecule has 100 valence electrons. The van der Waals surface area contributed by atoms with Gasteiger partial charge >= 0.3 is 0 Å². The third-order valence-electron chi connectivity index (χ3n) is 3.19. The summed E-state index contributed by atoms with van der Waals surface area (Å²) in [4.78, 5) is 2.12. The molecule has 1 atom stereocenters. The molecule has 19 heavy (non-hydrogen) atoms. The van der Waals surface area contributed by atoms with E-state index in [9.17, 15) is 4.39 Å². The minimum atomic E-state index is -0.201. The summed E-state index contributed by atoms with van der Waals surface area (Å²) in [7, 11) is 2.02. The maximum atomic E-state index is 12.8. The number of hydrogen-bond donors (Lipinski definition) is 1. The van der Waals surface area contributed by atoms with Crippen LogP contribution >= 0.6 is 0 Å². The molecule has 0 heterocycles. The fraction of sp³-hybridized carbons (Fsp3) is 0.250. The summed E-state index contributed by atoms with van der Waals surface area (Å²) >= 11 is 0. The minimum Gasteiger partial charge on any atom is -0.370 e.